The van der Waals surface area contributed by atoms with Crippen molar-refractivity contribution in [3.63, 3.8) is 0 Å². The average Bonchev–Trinajstić information content (AvgIpc) is 3.76. The van der Waals surface area contributed by atoms with E-state index in [2.05, 4.69) is 64.3 Å². The molecule has 0 spiro atoms. The molecule has 6 N–H and O–H groups in total. The van der Waals surface area contributed by atoms with Crippen molar-refractivity contribution in [2.45, 2.75) is 51.6 Å². The second-order valence-electron chi connectivity index (χ2n) is 12.0. The first-order valence-corrected chi connectivity index (χ1v) is 16.8. The number of fused-ring (bicyclic) bond motifs is 2. The number of aromatic nitrogens is 6. The van der Waals surface area contributed by atoms with Gasteiger partial charge in [0, 0.05) is 63.7 Å². The number of nitrogens with one attached hydrogen (secondary N) is 6. The maximum absolute atomic E-state index is 12.1. The van der Waals surface area contributed by atoms with E-state index in [1.807, 2.05) is 13.8 Å². The van der Waals surface area contributed by atoms with Gasteiger partial charge in [0.1, 0.15) is 22.7 Å². The lowest BCUT2D eigenvalue weighted by Crippen LogP contribution is -2.44. The molecule has 2 atom stereocenters. The Morgan fingerprint density at radius 1 is 0.760 bits per heavy atom. The van der Waals surface area contributed by atoms with Crippen LogP contribution in [0.2, 0.25) is 0 Å². The predicted octanol–water partition coefficient (Wildman–Crippen LogP) is 2.59. The molecule has 4 aromatic heterocycles. The minimum atomic E-state index is -0.180. The summed E-state index contributed by atoms with van der Waals surface area (Å²) in [6.07, 6.45) is 12.9. The number of likely N-dealkylation sites (tertiary alicyclic amines) is 2. The fourth-order valence-electron chi connectivity index (χ4n) is 6.05. The first-order valence-electron chi connectivity index (χ1n) is 16.8. The van der Waals surface area contributed by atoms with E-state index in [4.69, 9.17) is 0 Å². The second-order valence-corrected chi connectivity index (χ2v) is 12.0. The fraction of sp³-hybridized carbons (Fsp3) is 0.412. The molecule has 2 saturated heterocycles. The summed E-state index contributed by atoms with van der Waals surface area (Å²) in [5.41, 5.74) is 3.15. The molecule has 0 radical (unpaired) electrons. The number of nitrogens with zero attached hydrogens (tertiary/aromatic N) is 6. The molecule has 6 rings (SSSR count). The Bertz CT molecular complexity index is 1730. The van der Waals surface area contributed by atoms with Gasteiger partial charge in [0.2, 0.25) is 11.8 Å². The third-order valence-corrected chi connectivity index (χ3v) is 8.44. The van der Waals surface area contributed by atoms with Crippen molar-refractivity contribution >= 4 is 57.6 Å². The third kappa shape index (κ3) is 8.43. The average molecular weight is 685 g/mol. The Kier molecular flexibility index (Phi) is 11.7. The number of hydrogen-bond acceptors (Lipinski definition) is 10. The molecular weight excluding hydrogens is 640 g/mol. The standard InChI is InChI=1S/2C17H22N6O2/c2*1-3-14(24)23-7-5-6-11(10-23)21-13-9-20-16-15(22-13)12(8-19-16)17(25)18-4-2/h2*3,8-9,11H,1,4-7,10H2,2H3,(H,18,25)(H,19,20)(H,21,22)/t11-;/m1./s1. The number of rotatable bonds is 10. The lowest BCUT2D eigenvalue weighted by molar-refractivity contribution is -0.127. The number of anilines is 2. The number of carbonyl (C=O) groups excluding carboxylic acids is 4. The van der Waals surface area contributed by atoms with Crippen LogP contribution in [-0.2, 0) is 9.59 Å². The molecule has 6 heterocycles. The van der Waals surface area contributed by atoms with Gasteiger partial charge in [-0.15, -0.1) is 0 Å². The summed E-state index contributed by atoms with van der Waals surface area (Å²) in [6, 6.07) is 0.188. The highest BCUT2D eigenvalue weighted by Gasteiger charge is 2.24. The van der Waals surface area contributed by atoms with E-state index in [0.29, 0.717) is 71.3 Å². The SMILES string of the molecule is C=CC(=O)N1CCCC(Nc2cnc3[nH]cc(C(=O)NCC)c3n2)C1.C=CC(=O)N1CCC[C@@H](Nc2cnc3[nH]cc(C(=O)NCC)c3n2)C1. The maximum Gasteiger partial charge on any atom is 0.255 e. The van der Waals surface area contributed by atoms with Crippen molar-refractivity contribution in [2.75, 3.05) is 49.9 Å². The third-order valence-electron chi connectivity index (χ3n) is 8.44. The van der Waals surface area contributed by atoms with Gasteiger partial charge in [-0.3, -0.25) is 19.2 Å². The van der Waals surface area contributed by atoms with Crippen LogP contribution in [0.5, 0.6) is 0 Å². The molecule has 16 heteroatoms. The predicted molar refractivity (Wildman–Crippen MR) is 191 cm³/mol. The molecule has 2 aliphatic heterocycles. The number of H-pyrrole nitrogens is 2. The first kappa shape index (κ1) is 35.5. The largest absolute Gasteiger partial charge is 0.364 e. The van der Waals surface area contributed by atoms with Crippen LogP contribution in [0.1, 0.15) is 60.2 Å². The minimum absolute atomic E-state index is 0.0582. The molecule has 1 unspecified atom stereocenters. The number of aromatic amines is 2. The smallest absolute Gasteiger partial charge is 0.255 e. The van der Waals surface area contributed by atoms with E-state index < -0.39 is 0 Å². The van der Waals surface area contributed by atoms with Gasteiger partial charge in [0.15, 0.2) is 11.3 Å². The normalized spacial score (nSPS) is 17.3. The van der Waals surface area contributed by atoms with E-state index in [1.165, 1.54) is 12.2 Å². The first-order chi connectivity index (χ1) is 24.2. The molecule has 0 bridgehead atoms. The summed E-state index contributed by atoms with van der Waals surface area (Å²) >= 11 is 0. The highest BCUT2D eigenvalue weighted by molar-refractivity contribution is 6.05. The van der Waals surface area contributed by atoms with E-state index in [9.17, 15) is 19.2 Å². The van der Waals surface area contributed by atoms with Crippen molar-refractivity contribution in [3.05, 3.63) is 61.2 Å². The van der Waals surface area contributed by atoms with Gasteiger partial charge in [0.25, 0.3) is 11.8 Å². The van der Waals surface area contributed by atoms with Gasteiger partial charge in [-0.25, -0.2) is 19.9 Å². The molecule has 0 aromatic carbocycles. The molecule has 16 nitrogen and oxygen atoms in total. The monoisotopic (exact) mass is 684 g/mol. The highest BCUT2D eigenvalue weighted by atomic mass is 16.2. The summed E-state index contributed by atoms with van der Waals surface area (Å²) in [5, 5.41) is 12.2. The number of piperidine rings is 2. The van der Waals surface area contributed by atoms with Gasteiger partial charge >= 0.3 is 0 Å². The van der Waals surface area contributed by atoms with E-state index in [0.717, 1.165) is 38.8 Å². The van der Waals surface area contributed by atoms with Crippen LogP contribution in [-0.4, -0.2) is 115 Å². The van der Waals surface area contributed by atoms with Crippen LogP contribution in [0.25, 0.3) is 22.3 Å². The Hall–Kier alpha value is -5.80. The van der Waals surface area contributed by atoms with Crippen molar-refractivity contribution in [3.8, 4) is 0 Å². The Balaban J connectivity index is 0.000000194. The van der Waals surface area contributed by atoms with Gasteiger partial charge in [0.05, 0.1) is 23.5 Å². The lowest BCUT2D eigenvalue weighted by Gasteiger charge is -2.32. The zero-order valence-corrected chi connectivity index (χ0v) is 28.4. The minimum Gasteiger partial charge on any atom is -0.364 e. The Morgan fingerprint density at radius 3 is 1.56 bits per heavy atom. The van der Waals surface area contributed by atoms with Crippen LogP contribution in [0.15, 0.2) is 50.1 Å². The van der Waals surface area contributed by atoms with Gasteiger partial charge in [-0.05, 0) is 51.7 Å². The second kappa shape index (κ2) is 16.5. The molecule has 0 aliphatic carbocycles. The quantitative estimate of drug-likeness (QED) is 0.135. The zero-order valence-electron chi connectivity index (χ0n) is 28.4. The van der Waals surface area contributed by atoms with Crippen molar-refractivity contribution in [1.29, 1.82) is 0 Å². The van der Waals surface area contributed by atoms with Gasteiger partial charge in [-0.1, -0.05) is 13.2 Å². The molecule has 4 amide bonds. The van der Waals surface area contributed by atoms with Crippen molar-refractivity contribution in [2.24, 2.45) is 0 Å². The molecule has 264 valence electrons. The molecule has 50 heavy (non-hydrogen) atoms. The van der Waals surface area contributed by atoms with Crippen molar-refractivity contribution in [1.82, 2.24) is 50.3 Å². The van der Waals surface area contributed by atoms with Crippen LogP contribution in [0.3, 0.4) is 0 Å². The Morgan fingerprint density at radius 2 is 1.18 bits per heavy atom. The zero-order chi connectivity index (χ0) is 35.6. The summed E-state index contributed by atoms with van der Waals surface area (Å²) in [5.74, 6) is 0.710. The van der Waals surface area contributed by atoms with Crippen LogP contribution in [0.4, 0.5) is 11.6 Å². The van der Waals surface area contributed by atoms with Gasteiger partial charge in [-0.2, -0.15) is 0 Å². The lowest BCUT2D eigenvalue weighted by atomic mass is 10.1. The summed E-state index contributed by atoms with van der Waals surface area (Å²) in [7, 11) is 0. The number of hydrogen-bond donors (Lipinski definition) is 6. The highest BCUT2D eigenvalue weighted by Crippen LogP contribution is 2.21. The molecule has 2 fully saturated rings. The fourth-order valence-corrected chi connectivity index (χ4v) is 6.05. The number of amides is 4. The summed E-state index contributed by atoms with van der Waals surface area (Å²) < 4.78 is 0. The Labute approximate surface area is 289 Å². The summed E-state index contributed by atoms with van der Waals surface area (Å²) in [6.45, 7) is 14.6. The maximum atomic E-state index is 12.1. The van der Waals surface area contributed by atoms with Crippen LogP contribution >= 0.6 is 0 Å². The van der Waals surface area contributed by atoms with Gasteiger partial charge < -0.3 is 41.0 Å². The van der Waals surface area contributed by atoms with Crippen LogP contribution in [0, 0.1) is 0 Å². The summed E-state index contributed by atoms with van der Waals surface area (Å²) in [4.78, 5) is 75.0. The molecular formula is C34H44N12O4. The van der Waals surface area contributed by atoms with Crippen LogP contribution < -0.4 is 21.3 Å². The topological polar surface area (TPSA) is 206 Å². The van der Waals surface area contributed by atoms with Crippen molar-refractivity contribution < 1.29 is 19.2 Å². The van der Waals surface area contributed by atoms with E-state index in [1.54, 1.807) is 34.6 Å². The molecule has 2 aliphatic rings. The molecule has 4 aromatic rings. The number of carbonyl (C=O) groups is 4. The van der Waals surface area contributed by atoms with E-state index in [-0.39, 0.29) is 35.7 Å². The van der Waals surface area contributed by atoms with E-state index >= 15 is 0 Å². The molecule has 0 saturated carbocycles.